The van der Waals surface area contributed by atoms with Gasteiger partial charge in [-0.1, -0.05) is 52.4 Å². The summed E-state index contributed by atoms with van der Waals surface area (Å²) in [6.45, 7) is 4.64. The highest BCUT2D eigenvalue weighted by Crippen LogP contribution is 2.36. The molecule has 0 bridgehead atoms. The molecule has 1 nitrogen and oxygen atoms in total. The minimum Gasteiger partial charge on any atom is -0.317 e. The van der Waals surface area contributed by atoms with Crippen molar-refractivity contribution in [3.05, 3.63) is 0 Å². The molecule has 0 aromatic carbocycles. The summed E-state index contributed by atoms with van der Waals surface area (Å²) >= 11 is 0. The van der Waals surface area contributed by atoms with Gasteiger partial charge in [-0.05, 0) is 38.1 Å². The lowest BCUT2D eigenvalue weighted by Gasteiger charge is -2.23. The third kappa shape index (κ3) is 4.45. The smallest absolute Gasteiger partial charge is 0.00924 e. The third-order valence-corrected chi connectivity index (χ3v) is 4.47. The summed E-state index contributed by atoms with van der Waals surface area (Å²) in [5, 5.41) is 3.57. The highest BCUT2D eigenvalue weighted by molar-refractivity contribution is 4.83. The van der Waals surface area contributed by atoms with Gasteiger partial charge in [0.05, 0.1) is 0 Å². The SMILES string of the molecule is CCCCCCC(NC)C1CCC(CC)C1. The molecule has 3 unspecified atom stereocenters. The Hall–Kier alpha value is -0.0400. The average molecular weight is 225 g/mol. The van der Waals surface area contributed by atoms with Crippen molar-refractivity contribution in [3.63, 3.8) is 0 Å². The first-order valence-electron chi connectivity index (χ1n) is 7.49. The molecule has 0 amide bonds. The van der Waals surface area contributed by atoms with Crippen LogP contribution in [0.1, 0.15) is 71.6 Å². The highest BCUT2D eigenvalue weighted by Gasteiger charge is 2.28. The molecule has 0 aliphatic heterocycles. The highest BCUT2D eigenvalue weighted by atomic mass is 14.9. The van der Waals surface area contributed by atoms with Crippen LogP contribution in [0.15, 0.2) is 0 Å². The van der Waals surface area contributed by atoms with Gasteiger partial charge in [0, 0.05) is 6.04 Å². The summed E-state index contributed by atoms with van der Waals surface area (Å²) in [7, 11) is 2.16. The second kappa shape index (κ2) is 8.11. The van der Waals surface area contributed by atoms with Crippen LogP contribution in [0.4, 0.5) is 0 Å². The largest absolute Gasteiger partial charge is 0.317 e. The zero-order valence-electron chi connectivity index (χ0n) is 11.6. The fourth-order valence-electron chi connectivity index (χ4n) is 3.26. The Morgan fingerprint density at radius 2 is 1.94 bits per heavy atom. The fourth-order valence-corrected chi connectivity index (χ4v) is 3.26. The molecule has 1 heteroatoms. The topological polar surface area (TPSA) is 12.0 Å². The molecule has 1 rings (SSSR count). The maximum absolute atomic E-state index is 3.57. The number of rotatable bonds is 8. The van der Waals surface area contributed by atoms with E-state index in [1.165, 1.54) is 57.8 Å². The maximum Gasteiger partial charge on any atom is 0.00924 e. The number of hydrogen-bond acceptors (Lipinski definition) is 1. The number of unbranched alkanes of at least 4 members (excludes halogenated alkanes) is 3. The van der Waals surface area contributed by atoms with Crippen LogP contribution in [-0.2, 0) is 0 Å². The second-order valence-corrected chi connectivity index (χ2v) is 5.59. The lowest BCUT2D eigenvalue weighted by molar-refractivity contribution is 0.337. The van der Waals surface area contributed by atoms with Gasteiger partial charge in [0.1, 0.15) is 0 Å². The van der Waals surface area contributed by atoms with E-state index in [2.05, 4.69) is 26.2 Å². The number of nitrogens with one attached hydrogen (secondary N) is 1. The van der Waals surface area contributed by atoms with E-state index >= 15 is 0 Å². The molecule has 1 N–H and O–H groups in total. The average Bonchev–Trinajstić information content (AvgIpc) is 2.78. The molecule has 96 valence electrons. The first-order valence-corrected chi connectivity index (χ1v) is 7.49. The summed E-state index contributed by atoms with van der Waals surface area (Å²) in [6, 6.07) is 0.799. The molecule has 1 saturated carbocycles. The molecule has 1 fully saturated rings. The molecule has 0 saturated heterocycles. The molecule has 3 atom stereocenters. The van der Waals surface area contributed by atoms with Crippen LogP contribution in [0, 0.1) is 11.8 Å². The standard InChI is InChI=1S/C15H31N/c1-4-6-7-8-9-15(16-3)14-11-10-13(5-2)12-14/h13-16H,4-12H2,1-3H3. The van der Waals surface area contributed by atoms with Crippen molar-refractivity contribution < 1.29 is 0 Å². The zero-order valence-corrected chi connectivity index (χ0v) is 11.6. The summed E-state index contributed by atoms with van der Waals surface area (Å²) in [6.07, 6.45) is 12.8. The third-order valence-electron chi connectivity index (χ3n) is 4.47. The predicted octanol–water partition coefficient (Wildman–Crippen LogP) is 4.37. The summed E-state index contributed by atoms with van der Waals surface area (Å²) in [5.41, 5.74) is 0. The quantitative estimate of drug-likeness (QED) is 0.605. The van der Waals surface area contributed by atoms with Gasteiger partial charge < -0.3 is 5.32 Å². The van der Waals surface area contributed by atoms with Crippen LogP contribution in [0.2, 0.25) is 0 Å². The van der Waals surface area contributed by atoms with E-state index < -0.39 is 0 Å². The molecule has 1 aliphatic carbocycles. The summed E-state index contributed by atoms with van der Waals surface area (Å²) < 4.78 is 0. The van der Waals surface area contributed by atoms with Crippen molar-refractivity contribution in [2.24, 2.45) is 11.8 Å². The maximum atomic E-state index is 3.57. The first kappa shape index (κ1) is 14.0. The molecular formula is C15H31N. The fraction of sp³-hybridized carbons (Fsp3) is 1.00. The Kier molecular flexibility index (Phi) is 7.11. The predicted molar refractivity (Wildman–Crippen MR) is 72.7 cm³/mol. The van der Waals surface area contributed by atoms with Gasteiger partial charge in [-0.15, -0.1) is 0 Å². The van der Waals surface area contributed by atoms with Gasteiger partial charge in [0.15, 0.2) is 0 Å². The Balaban J connectivity index is 2.20. The normalized spacial score (nSPS) is 27.2. The van der Waals surface area contributed by atoms with E-state index in [0.717, 1.165) is 17.9 Å². The molecule has 1 aliphatic rings. The molecular weight excluding hydrogens is 194 g/mol. The van der Waals surface area contributed by atoms with Crippen LogP contribution in [0.25, 0.3) is 0 Å². The second-order valence-electron chi connectivity index (χ2n) is 5.59. The Bertz CT molecular complexity index is 167. The summed E-state index contributed by atoms with van der Waals surface area (Å²) in [4.78, 5) is 0. The van der Waals surface area contributed by atoms with E-state index in [1.54, 1.807) is 0 Å². The van der Waals surface area contributed by atoms with Crippen LogP contribution in [-0.4, -0.2) is 13.1 Å². The van der Waals surface area contributed by atoms with Gasteiger partial charge in [-0.2, -0.15) is 0 Å². The monoisotopic (exact) mass is 225 g/mol. The van der Waals surface area contributed by atoms with E-state index in [0.29, 0.717) is 0 Å². The van der Waals surface area contributed by atoms with E-state index in [1.807, 2.05) is 0 Å². The van der Waals surface area contributed by atoms with Gasteiger partial charge in [0.25, 0.3) is 0 Å². The lowest BCUT2D eigenvalue weighted by atomic mass is 9.92. The van der Waals surface area contributed by atoms with Crippen molar-refractivity contribution >= 4 is 0 Å². The van der Waals surface area contributed by atoms with Gasteiger partial charge >= 0.3 is 0 Å². The van der Waals surface area contributed by atoms with Crippen LogP contribution < -0.4 is 5.32 Å². The Morgan fingerprint density at radius 1 is 1.12 bits per heavy atom. The van der Waals surface area contributed by atoms with Crippen molar-refractivity contribution in [2.75, 3.05) is 7.05 Å². The minimum absolute atomic E-state index is 0.799. The van der Waals surface area contributed by atoms with Crippen LogP contribution >= 0.6 is 0 Å². The Morgan fingerprint density at radius 3 is 2.50 bits per heavy atom. The molecule has 0 spiro atoms. The van der Waals surface area contributed by atoms with Crippen molar-refractivity contribution in [2.45, 2.75) is 77.7 Å². The van der Waals surface area contributed by atoms with Gasteiger partial charge in [0.2, 0.25) is 0 Å². The van der Waals surface area contributed by atoms with Gasteiger partial charge in [-0.3, -0.25) is 0 Å². The molecule has 0 radical (unpaired) electrons. The molecule has 0 aromatic rings. The molecule has 0 heterocycles. The molecule has 16 heavy (non-hydrogen) atoms. The van der Waals surface area contributed by atoms with Crippen LogP contribution in [0.5, 0.6) is 0 Å². The molecule has 0 aromatic heterocycles. The zero-order chi connectivity index (χ0) is 11.8. The minimum atomic E-state index is 0.799. The Labute approximate surface area is 102 Å². The van der Waals surface area contributed by atoms with Gasteiger partial charge in [-0.25, -0.2) is 0 Å². The van der Waals surface area contributed by atoms with Crippen molar-refractivity contribution in [1.29, 1.82) is 0 Å². The number of hydrogen-bond donors (Lipinski definition) is 1. The van der Waals surface area contributed by atoms with E-state index in [-0.39, 0.29) is 0 Å². The van der Waals surface area contributed by atoms with Crippen LogP contribution in [0.3, 0.4) is 0 Å². The van der Waals surface area contributed by atoms with E-state index in [9.17, 15) is 0 Å². The summed E-state index contributed by atoms with van der Waals surface area (Å²) in [5.74, 6) is 1.99. The van der Waals surface area contributed by atoms with Crippen molar-refractivity contribution in [1.82, 2.24) is 5.32 Å². The van der Waals surface area contributed by atoms with E-state index in [4.69, 9.17) is 0 Å². The first-order chi connectivity index (χ1) is 7.81. The van der Waals surface area contributed by atoms with Crippen molar-refractivity contribution in [3.8, 4) is 0 Å². The lowest BCUT2D eigenvalue weighted by Crippen LogP contribution is -2.32.